The Balaban J connectivity index is 1.75. The smallest absolute Gasteiger partial charge is 0.407 e. The maximum atomic E-state index is 11.7. The van der Waals surface area contributed by atoms with Crippen LogP contribution in [0.2, 0.25) is 0 Å². The first-order chi connectivity index (χ1) is 12.7. The van der Waals surface area contributed by atoms with Crippen LogP contribution in [0.15, 0.2) is 60.7 Å². The summed E-state index contributed by atoms with van der Waals surface area (Å²) in [5.74, 6) is 0. The minimum atomic E-state index is -0.415. The van der Waals surface area contributed by atoms with Gasteiger partial charge in [-0.2, -0.15) is 0 Å². The van der Waals surface area contributed by atoms with E-state index in [2.05, 4.69) is 5.32 Å². The molecule has 1 N–H and O–H groups in total. The van der Waals surface area contributed by atoms with E-state index < -0.39 is 12.4 Å². The van der Waals surface area contributed by atoms with Gasteiger partial charge in [-0.25, -0.2) is 4.79 Å². The van der Waals surface area contributed by atoms with Gasteiger partial charge in [0.15, 0.2) is 6.29 Å². The van der Waals surface area contributed by atoms with Crippen LogP contribution in [0.5, 0.6) is 0 Å². The van der Waals surface area contributed by atoms with Crippen LogP contribution in [0.25, 0.3) is 6.08 Å². The van der Waals surface area contributed by atoms with Gasteiger partial charge in [-0.1, -0.05) is 66.7 Å². The Bertz CT molecular complexity index is 696. The van der Waals surface area contributed by atoms with Crippen LogP contribution >= 0.6 is 0 Å². The maximum absolute atomic E-state index is 11.7. The topological polar surface area (TPSA) is 56.8 Å². The molecule has 0 unspecified atom stereocenters. The van der Waals surface area contributed by atoms with Gasteiger partial charge in [0.05, 0.1) is 0 Å². The van der Waals surface area contributed by atoms with Gasteiger partial charge in [-0.05, 0) is 17.5 Å². The van der Waals surface area contributed by atoms with E-state index in [0.717, 1.165) is 16.7 Å². The SMILES string of the molecule is COC(OC)c1ccccc1C=CCCNC(=O)OCc1ccccc1. The predicted molar refractivity (Wildman–Crippen MR) is 101 cm³/mol. The first-order valence-electron chi connectivity index (χ1n) is 8.50. The molecule has 0 aromatic heterocycles. The molecule has 2 rings (SSSR count). The van der Waals surface area contributed by atoms with Crippen molar-refractivity contribution in [3.05, 3.63) is 77.4 Å². The van der Waals surface area contributed by atoms with E-state index >= 15 is 0 Å². The molecule has 0 spiro atoms. The summed E-state index contributed by atoms with van der Waals surface area (Å²) in [5.41, 5.74) is 2.95. The molecule has 26 heavy (non-hydrogen) atoms. The van der Waals surface area contributed by atoms with E-state index in [4.69, 9.17) is 14.2 Å². The fourth-order valence-electron chi connectivity index (χ4n) is 2.47. The monoisotopic (exact) mass is 355 g/mol. The first-order valence-corrected chi connectivity index (χ1v) is 8.50. The highest BCUT2D eigenvalue weighted by Crippen LogP contribution is 2.22. The van der Waals surface area contributed by atoms with Crippen molar-refractivity contribution in [1.29, 1.82) is 0 Å². The summed E-state index contributed by atoms with van der Waals surface area (Å²) < 4.78 is 15.8. The van der Waals surface area contributed by atoms with Gasteiger partial charge in [0.25, 0.3) is 0 Å². The number of ether oxygens (including phenoxy) is 3. The molecule has 0 aliphatic rings. The minimum Gasteiger partial charge on any atom is -0.445 e. The average molecular weight is 355 g/mol. The molecule has 0 bridgehead atoms. The Labute approximate surface area is 154 Å². The molecule has 0 heterocycles. The molecule has 0 radical (unpaired) electrons. The zero-order chi connectivity index (χ0) is 18.6. The van der Waals surface area contributed by atoms with Crippen LogP contribution in [-0.2, 0) is 20.8 Å². The van der Waals surface area contributed by atoms with Crippen LogP contribution in [-0.4, -0.2) is 26.9 Å². The Kier molecular flexibility index (Phi) is 8.39. The van der Waals surface area contributed by atoms with Crippen molar-refractivity contribution < 1.29 is 19.0 Å². The lowest BCUT2D eigenvalue weighted by Gasteiger charge is -2.16. The highest BCUT2D eigenvalue weighted by molar-refractivity contribution is 5.67. The maximum Gasteiger partial charge on any atom is 0.407 e. The van der Waals surface area contributed by atoms with Gasteiger partial charge in [-0.15, -0.1) is 0 Å². The average Bonchev–Trinajstić information content (AvgIpc) is 2.69. The van der Waals surface area contributed by atoms with Gasteiger partial charge in [-0.3, -0.25) is 0 Å². The zero-order valence-corrected chi connectivity index (χ0v) is 15.2. The molecule has 0 saturated heterocycles. The standard InChI is InChI=1S/C21H25NO4/c1-24-20(25-2)19-14-7-6-12-18(19)13-8-9-15-22-21(23)26-16-17-10-4-3-5-11-17/h3-8,10-14,20H,9,15-16H2,1-2H3,(H,22,23). The van der Waals surface area contributed by atoms with Gasteiger partial charge in [0, 0.05) is 26.3 Å². The lowest BCUT2D eigenvalue weighted by atomic mass is 10.1. The highest BCUT2D eigenvalue weighted by Gasteiger charge is 2.11. The lowest BCUT2D eigenvalue weighted by Crippen LogP contribution is -2.24. The number of amides is 1. The predicted octanol–water partition coefficient (Wildman–Crippen LogP) is 4.31. The van der Waals surface area contributed by atoms with E-state index in [1.807, 2.05) is 66.7 Å². The molecule has 0 saturated carbocycles. The second-order valence-electron chi connectivity index (χ2n) is 5.61. The van der Waals surface area contributed by atoms with Crippen molar-refractivity contribution in [3.8, 4) is 0 Å². The van der Waals surface area contributed by atoms with Crippen LogP contribution in [0.1, 0.15) is 29.4 Å². The summed E-state index contributed by atoms with van der Waals surface area (Å²) in [5, 5.41) is 2.74. The summed E-state index contributed by atoms with van der Waals surface area (Å²) in [4.78, 5) is 11.7. The molecule has 0 aliphatic heterocycles. The van der Waals surface area contributed by atoms with Crippen molar-refractivity contribution in [2.24, 2.45) is 0 Å². The van der Waals surface area contributed by atoms with E-state index in [1.54, 1.807) is 14.2 Å². The molecule has 2 aromatic carbocycles. The van der Waals surface area contributed by atoms with Crippen LogP contribution < -0.4 is 5.32 Å². The lowest BCUT2D eigenvalue weighted by molar-refractivity contribution is -0.106. The highest BCUT2D eigenvalue weighted by atomic mass is 16.7. The Hall–Kier alpha value is -2.63. The molecule has 2 aromatic rings. The summed E-state index contributed by atoms with van der Waals surface area (Å²) in [6.45, 7) is 0.773. The zero-order valence-electron chi connectivity index (χ0n) is 15.2. The van der Waals surface area contributed by atoms with Crippen LogP contribution in [0.4, 0.5) is 4.79 Å². The Morgan fingerprint density at radius 2 is 1.73 bits per heavy atom. The second kappa shape index (κ2) is 11.1. The normalized spacial score (nSPS) is 11.0. The molecule has 0 fully saturated rings. The Morgan fingerprint density at radius 3 is 2.46 bits per heavy atom. The number of alkyl carbamates (subject to hydrolysis) is 1. The van der Waals surface area contributed by atoms with Crippen molar-refractivity contribution in [2.75, 3.05) is 20.8 Å². The second-order valence-corrected chi connectivity index (χ2v) is 5.61. The number of benzene rings is 2. The van der Waals surface area contributed by atoms with Crippen LogP contribution in [0.3, 0.4) is 0 Å². The molecule has 0 atom stereocenters. The van der Waals surface area contributed by atoms with Gasteiger partial charge in [0.1, 0.15) is 6.61 Å². The van der Waals surface area contributed by atoms with E-state index in [1.165, 1.54) is 0 Å². The number of carbonyl (C=O) groups is 1. The summed E-state index contributed by atoms with van der Waals surface area (Å²) in [7, 11) is 3.22. The number of hydrogen-bond acceptors (Lipinski definition) is 4. The molecule has 5 nitrogen and oxygen atoms in total. The molecular weight excluding hydrogens is 330 g/mol. The third kappa shape index (κ3) is 6.35. The molecule has 1 amide bonds. The number of rotatable bonds is 9. The third-order valence-electron chi connectivity index (χ3n) is 3.77. The van der Waals surface area contributed by atoms with E-state index in [0.29, 0.717) is 13.0 Å². The number of nitrogens with one attached hydrogen (secondary N) is 1. The number of hydrogen-bond donors (Lipinski definition) is 1. The fourth-order valence-corrected chi connectivity index (χ4v) is 2.47. The Morgan fingerprint density at radius 1 is 1.04 bits per heavy atom. The van der Waals surface area contributed by atoms with Crippen LogP contribution in [0, 0.1) is 0 Å². The van der Waals surface area contributed by atoms with Crippen molar-refractivity contribution >= 4 is 12.2 Å². The van der Waals surface area contributed by atoms with Crippen molar-refractivity contribution in [2.45, 2.75) is 19.3 Å². The molecule has 5 heteroatoms. The quantitative estimate of drug-likeness (QED) is 0.538. The van der Waals surface area contributed by atoms with Crippen molar-refractivity contribution in [3.63, 3.8) is 0 Å². The van der Waals surface area contributed by atoms with E-state index in [9.17, 15) is 4.79 Å². The third-order valence-corrected chi connectivity index (χ3v) is 3.77. The molecular formula is C21H25NO4. The fraction of sp³-hybridized carbons (Fsp3) is 0.286. The van der Waals surface area contributed by atoms with Gasteiger partial charge in [0.2, 0.25) is 0 Å². The summed E-state index contributed by atoms with van der Waals surface area (Å²) >= 11 is 0. The van der Waals surface area contributed by atoms with E-state index in [-0.39, 0.29) is 6.61 Å². The van der Waals surface area contributed by atoms with Gasteiger partial charge >= 0.3 is 6.09 Å². The summed E-state index contributed by atoms with van der Waals surface area (Å²) in [6.07, 6.45) is 3.87. The first kappa shape index (κ1) is 19.7. The number of carbonyl (C=O) groups excluding carboxylic acids is 1. The number of methoxy groups -OCH3 is 2. The van der Waals surface area contributed by atoms with Crippen molar-refractivity contribution in [1.82, 2.24) is 5.32 Å². The molecule has 138 valence electrons. The largest absolute Gasteiger partial charge is 0.445 e. The molecule has 0 aliphatic carbocycles. The van der Waals surface area contributed by atoms with Gasteiger partial charge < -0.3 is 19.5 Å². The summed E-state index contributed by atoms with van der Waals surface area (Å²) in [6, 6.07) is 17.5. The minimum absolute atomic E-state index is 0.269.